The van der Waals surface area contributed by atoms with Crippen molar-refractivity contribution in [2.75, 3.05) is 13.2 Å². The summed E-state index contributed by atoms with van der Waals surface area (Å²) in [7, 11) is 0. The Morgan fingerprint density at radius 1 is 1.44 bits per heavy atom. The van der Waals surface area contributed by atoms with E-state index in [0.717, 1.165) is 37.4 Å². The van der Waals surface area contributed by atoms with Gasteiger partial charge in [0, 0.05) is 19.1 Å². The highest BCUT2D eigenvalue weighted by molar-refractivity contribution is 7.06. The lowest BCUT2D eigenvalue weighted by atomic mass is 10.0. The Bertz CT molecular complexity index is 569. The molecule has 1 aliphatic rings. The van der Waals surface area contributed by atoms with Crippen molar-refractivity contribution in [2.45, 2.75) is 25.3 Å². The summed E-state index contributed by atoms with van der Waals surface area (Å²) in [5.74, 6) is 1.40. The zero-order chi connectivity index (χ0) is 12.4. The Kier molecular flexibility index (Phi) is 3.20. The highest BCUT2D eigenvalue weighted by atomic mass is 32.1. The van der Waals surface area contributed by atoms with Crippen molar-refractivity contribution in [2.24, 2.45) is 0 Å². The molecule has 0 saturated carbocycles. The minimum atomic E-state index is -0.118. The van der Waals surface area contributed by atoms with Crippen LogP contribution in [-0.4, -0.2) is 33.1 Å². The normalized spacial score (nSPS) is 17.1. The molecular weight excluding hydrogens is 256 g/mol. The predicted molar refractivity (Wildman–Crippen MR) is 62.6 cm³/mol. The van der Waals surface area contributed by atoms with Crippen LogP contribution in [0.4, 0.5) is 0 Å². The van der Waals surface area contributed by atoms with Crippen LogP contribution < -0.4 is 4.87 Å². The van der Waals surface area contributed by atoms with Gasteiger partial charge in [-0.15, -0.1) is 0 Å². The average molecular weight is 268 g/mol. The first-order valence-corrected chi connectivity index (χ1v) is 6.62. The SMILES string of the molecule is O=c1scnn1Cc1noc(C2CCOCC2)n1. The molecule has 0 unspecified atom stereocenters. The summed E-state index contributed by atoms with van der Waals surface area (Å²) in [6, 6.07) is 0. The molecule has 2 aromatic heterocycles. The van der Waals surface area contributed by atoms with Crippen LogP contribution in [0, 0.1) is 0 Å². The molecule has 3 heterocycles. The van der Waals surface area contributed by atoms with E-state index in [0.29, 0.717) is 11.7 Å². The lowest BCUT2D eigenvalue weighted by Crippen LogP contribution is -2.17. The number of hydrogen-bond donors (Lipinski definition) is 0. The smallest absolute Gasteiger partial charge is 0.325 e. The Hall–Kier alpha value is -1.54. The van der Waals surface area contributed by atoms with Gasteiger partial charge in [0.2, 0.25) is 5.89 Å². The standard InChI is InChI=1S/C10H12N4O3S/c15-10-14(11-6-18-10)5-8-12-9(17-13-8)7-1-3-16-4-2-7/h6-7H,1-5H2. The maximum atomic E-state index is 11.3. The molecule has 0 bridgehead atoms. The van der Waals surface area contributed by atoms with Crippen LogP contribution in [0.2, 0.25) is 0 Å². The van der Waals surface area contributed by atoms with E-state index in [1.54, 1.807) is 0 Å². The molecule has 0 radical (unpaired) electrons. The molecule has 7 nitrogen and oxygen atoms in total. The molecule has 18 heavy (non-hydrogen) atoms. The van der Waals surface area contributed by atoms with Gasteiger partial charge >= 0.3 is 4.87 Å². The van der Waals surface area contributed by atoms with E-state index in [1.807, 2.05) is 0 Å². The minimum absolute atomic E-state index is 0.118. The van der Waals surface area contributed by atoms with Gasteiger partial charge in [-0.1, -0.05) is 16.5 Å². The first kappa shape index (κ1) is 11.5. The van der Waals surface area contributed by atoms with Gasteiger partial charge in [0.25, 0.3) is 0 Å². The third-order valence-electron chi connectivity index (χ3n) is 2.90. The Morgan fingerprint density at radius 2 is 2.28 bits per heavy atom. The average Bonchev–Trinajstić information content (AvgIpc) is 3.02. The second-order valence-electron chi connectivity index (χ2n) is 4.10. The molecule has 0 N–H and O–H groups in total. The molecule has 0 atom stereocenters. The van der Waals surface area contributed by atoms with Crippen molar-refractivity contribution in [3.05, 3.63) is 26.9 Å². The third-order valence-corrected chi connectivity index (χ3v) is 3.51. The predicted octanol–water partition coefficient (Wildman–Crippen LogP) is 0.630. The highest BCUT2D eigenvalue weighted by Gasteiger charge is 2.22. The van der Waals surface area contributed by atoms with E-state index in [2.05, 4.69) is 15.2 Å². The molecule has 0 aliphatic carbocycles. The number of aromatic nitrogens is 4. The van der Waals surface area contributed by atoms with E-state index >= 15 is 0 Å². The first-order chi connectivity index (χ1) is 8.83. The summed E-state index contributed by atoms with van der Waals surface area (Å²) >= 11 is 1.05. The van der Waals surface area contributed by atoms with Gasteiger partial charge in [0.1, 0.15) is 12.1 Å². The summed E-state index contributed by atoms with van der Waals surface area (Å²) in [4.78, 5) is 15.6. The van der Waals surface area contributed by atoms with Crippen LogP contribution in [-0.2, 0) is 11.3 Å². The zero-order valence-corrected chi connectivity index (χ0v) is 10.4. The van der Waals surface area contributed by atoms with Crippen molar-refractivity contribution < 1.29 is 9.26 Å². The molecule has 1 fully saturated rings. The Labute approximate surface area is 106 Å². The maximum absolute atomic E-state index is 11.3. The Morgan fingerprint density at radius 3 is 3.00 bits per heavy atom. The van der Waals surface area contributed by atoms with Crippen LogP contribution >= 0.6 is 11.3 Å². The summed E-state index contributed by atoms with van der Waals surface area (Å²) < 4.78 is 11.8. The molecule has 1 saturated heterocycles. The molecule has 96 valence electrons. The van der Waals surface area contributed by atoms with Crippen molar-refractivity contribution >= 4 is 11.3 Å². The quantitative estimate of drug-likeness (QED) is 0.812. The lowest BCUT2D eigenvalue weighted by Gasteiger charge is -2.17. The van der Waals surface area contributed by atoms with Crippen molar-refractivity contribution in [1.82, 2.24) is 19.9 Å². The van der Waals surface area contributed by atoms with Crippen LogP contribution in [0.1, 0.15) is 30.5 Å². The van der Waals surface area contributed by atoms with Crippen LogP contribution in [0.5, 0.6) is 0 Å². The molecule has 0 aromatic carbocycles. The maximum Gasteiger partial charge on any atom is 0.325 e. The van der Waals surface area contributed by atoms with Gasteiger partial charge in [-0.3, -0.25) is 4.79 Å². The molecule has 8 heteroatoms. The second kappa shape index (κ2) is 4.99. The highest BCUT2D eigenvalue weighted by Crippen LogP contribution is 2.25. The molecule has 0 amide bonds. The molecule has 0 spiro atoms. The van der Waals surface area contributed by atoms with Crippen molar-refractivity contribution in [3.63, 3.8) is 0 Å². The van der Waals surface area contributed by atoms with E-state index in [9.17, 15) is 4.79 Å². The van der Waals surface area contributed by atoms with Crippen LogP contribution in [0.3, 0.4) is 0 Å². The summed E-state index contributed by atoms with van der Waals surface area (Å²) in [6.45, 7) is 1.72. The minimum Gasteiger partial charge on any atom is -0.381 e. The Balaban J connectivity index is 1.73. The van der Waals surface area contributed by atoms with Gasteiger partial charge in [-0.05, 0) is 12.8 Å². The van der Waals surface area contributed by atoms with Gasteiger partial charge in [-0.25, -0.2) is 4.68 Å². The summed E-state index contributed by atoms with van der Waals surface area (Å²) in [5.41, 5.74) is 1.50. The summed E-state index contributed by atoms with van der Waals surface area (Å²) in [6.07, 6.45) is 1.80. The number of rotatable bonds is 3. The number of nitrogens with zero attached hydrogens (tertiary/aromatic N) is 4. The topological polar surface area (TPSA) is 83.0 Å². The monoisotopic (exact) mass is 268 g/mol. The van der Waals surface area contributed by atoms with Crippen LogP contribution in [0.15, 0.2) is 14.8 Å². The third kappa shape index (κ3) is 2.34. The van der Waals surface area contributed by atoms with E-state index < -0.39 is 0 Å². The fourth-order valence-electron chi connectivity index (χ4n) is 1.91. The van der Waals surface area contributed by atoms with Crippen LogP contribution in [0.25, 0.3) is 0 Å². The van der Waals surface area contributed by atoms with Gasteiger partial charge in [0.15, 0.2) is 5.82 Å². The zero-order valence-electron chi connectivity index (χ0n) is 9.61. The molecule has 2 aromatic rings. The van der Waals surface area contributed by atoms with E-state index in [-0.39, 0.29) is 17.3 Å². The first-order valence-electron chi connectivity index (χ1n) is 5.74. The van der Waals surface area contributed by atoms with E-state index in [1.165, 1.54) is 10.2 Å². The molecular formula is C10H12N4O3S. The van der Waals surface area contributed by atoms with Crippen molar-refractivity contribution in [1.29, 1.82) is 0 Å². The van der Waals surface area contributed by atoms with Crippen molar-refractivity contribution in [3.8, 4) is 0 Å². The fourth-order valence-corrected chi connectivity index (χ4v) is 2.40. The fraction of sp³-hybridized carbons (Fsp3) is 0.600. The largest absolute Gasteiger partial charge is 0.381 e. The van der Waals surface area contributed by atoms with E-state index in [4.69, 9.17) is 9.26 Å². The van der Waals surface area contributed by atoms with Gasteiger partial charge in [-0.2, -0.15) is 10.1 Å². The molecule has 3 rings (SSSR count). The summed E-state index contributed by atoms with van der Waals surface area (Å²) in [5, 5.41) is 7.80. The number of ether oxygens (including phenoxy) is 1. The molecule has 1 aliphatic heterocycles. The van der Waals surface area contributed by atoms with Gasteiger partial charge in [0.05, 0.1) is 0 Å². The second-order valence-corrected chi connectivity index (χ2v) is 4.89. The number of hydrogen-bond acceptors (Lipinski definition) is 7. The van der Waals surface area contributed by atoms with Gasteiger partial charge < -0.3 is 9.26 Å². The lowest BCUT2D eigenvalue weighted by molar-refractivity contribution is 0.0778.